The average Bonchev–Trinajstić information content (AvgIpc) is 2.77. The van der Waals surface area contributed by atoms with Crippen LogP contribution in [0.15, 0.2) is 47.7 Å². The normalized spacial score (nSPS) is 15.7. The number of guanidine groups is 1. The molecule has 3 rings (SSSR count). The first-order valence-electron chi connectivity index (χ1n) is 10.2. The van der Waals surface area contributed by atoms with Crippen LogP contribution < -0.4 is 20.3 Å². The third kappa shape index (κ3) is 8.44. The lowest BCUT2D eigenvalue weighted by Gasteiger charge is -2.34. The molecule has 0 spiro atoms. The van der Waals surface area contributed by atoms with Crippen LogP contribution in [0.4, 0.5) is 10.3 Å². The Hall–Kier alpha value is -2.21. The minimum Gasteiger partial charge on any atom is -0.489 e. The van der Waals surface area contributed by atoms with Crippen molar-refractivity contribution in [3.8, 4) is 5.75 Å². The van der Waals surface area contributed by atoms with E-state index in [2.05, 4.69) is 35.4 Å². The number of rotatable bonds is 8. The molecule has 1 fully saturated rings. The van der Waals surface area contributed by atoms with E-state index in [9.17, 15) is 4.39 Å². The zero-order valence-corrected chi connectivity index (χ0v) is 20.3. The van der Waals surface area contributed by atoms with Crippen LogP contribution in [0.2, 0.25) is 0 Å². The van der Waals surface area contributed by atoms with E-state index in [1.165, 1.54) is 12.1 Å². The van der Waals surface area contributed by atoms with E-state index in [0.717, 1.165) is 51.2 Å². The lowest BCUT2D eigenvalue weighted by Crippen LogP contribution is -2.50. The van der Waals surface area contributed by atoms with Crippen LogP contribution in [-0.4, -0.2) is 79.8 Å². The van der Waals surface area contributed by atoms with Gasteiger partial charge < -0.3 is 20.3 Å². The highest BCUT2D eigenvalue weighted by atomic mass is 127. The summed E-state index contributed by atoms with van der Waals surface area (Å²) in [5, 5.41) is 6.58. The van der Waals surface area contributed by atoms with Crippen LogP contribution in [0, 0.1) is 5.82 Å². The minimum absolute atomic E-state index is 0. The molecule has 31 heavy (non-hydrogen) atoms. The molecule has 2 heterocycles. The monoisotopic (exact) mass is 543 g/mol. The number of aromatic nitrogens is 2. The molecule has 0 aliphatic carbocycles. The molecule has 1 aromatic carbocycles. The van der Waals surface area contributed by atoms with Crippen molar-refractivity contribution in [2.45, 2.75) is 13.0 Å². The first-order chi connectivity index (χ1) is 14.6. The predicted molar refractivity (Wildman–Crippen MR) is 132 cm³/mol. The maximum Gasteiger partial charge on any atom is 0.225 e. The third-order valence-electron chi connectivity index (χ3n) is 4.84. The highest BCUT2D eigenvalue weighted by Crippen LogP contribution is 2.13. The molecule has 1 aliphatic heterocycles. The van der Waals surface area contributed by atoms with Crippen molar-refractivity contribution in [3.63, 3.8) is 0 Å². The van der Waals surface area contributed by atoms with Crippen molar-refractivity contribution in [2.75, 3.05) is 57.8 Å². The van der Waals surface area contributed by atoms with Gasteiger partial charge in [0.1, 0.15) is 17.7 Å². The Labute approximate surface area is 200 Å². The van der Waals surface area contributed by atoms with E-state index < -0.39 is 0 Å². The summed E-state index contributed by atoms with van der Waals surface area (Å²) >= 11 is 0. The molecule has 1 aliphatic rings. The van der Waals surface area contributed by atoms with E-state index in [4.69, 9.17) is 4.74 Å². The molecule has 8 nitrogen and oxygen atoms in total. The lowest BCUT2D eigenvalue weighted by atomic mass is 10.3. The zero-order valence-electron chi connectivity index (χ0n) is 18.0. The van der Waals surface area contributed by atoms with Gasteiger partial charge in [0.05, 0.1) is 6.54 Å². The first-order valence-corrected chi connectivity index (χ1v) is 10.2. The second kappa shape index (κ2) is 13.3. The number of hydrogen-bond donors (Lipinski definition) is 2. The summed E-state index contributed by atoms with van der Waals surface area (Å²) in [4.78, 5) is 17.5. The average molecular weight is 543 g/mol. The smallest absolute Gasteiger partial charge is 0.225 e. The van der Waals surface area contributed by atoms with Gasteiger partial charge in [0, 0.05) is 64.8 Å². The van der Waals surface area contributed by atoms with Gasteiger partial charge in [-0.3, -0.25) is 9.89 Å². The summed E-state index contributed by atoms with van der Waals surface area (Å²) in [6, 6.07) is 8.00. The van der Waals surface area contributed by atoms with E-state index in [0.29, 0.717) is 12.3 Å². The van der Waals surface area contributed by atoms with Gasteiger partial charge in [0.25, 0.3) is 0 Å². The summed E-state index contributed by atoms with van der Waals surface area (Å²) < 4.78 is 19.0. The van der Waals surface area contributed by atoms with E-state index >= 15 is 0 Å². The van der Waals surface area contributed by atoms with Crippen molar-refractivity contribution in [1.82, 2.24) is 25.5 Å². The number of ether oxygens (including phenoxy) is 1. The molecule has 1 aromatic heterocycles. The number of anilines is 1. The maximum atomic E-state index is 13.2. The number of benzene rings is 1. The fourth-order valence-electron chi connectivity index (χ4n) is 3.23. The molecule has 1 saturated heterocycles. The van der Waals surface area contributed by atoms with Crippen LogP contribution in [0.5, 0.6) is 5.75 Å². The minimum atomic E-state index is -0.303. The highest BCUT2D eigenvalue weighted by Gasteiger charge is 2.18. The van der Waals surface area contributed by atoms with Crippen molar-refractivity contribution in [1.29, 1.82) is 0 Å². The van der Waals surface area contributed by atoms with Crippen LogP contribution >= 0.6 is 24.0 Å². The summed E-state index contributed by atoms with van der Waals surface area (Å²) in [6.45, 7) is 8.01. The fourth-order valence-corrected chi connectivity index (χ4v) is 3.23. The van der Waals surface area contributed by atoms with Crippen molar-refractivity contribution < 1.29 is 9.13 Å². The zero-order chi connectivity index (χ0) is 21.2. The van der Waals surface area contributed by atoms with Gasteiger partial charge in [-0.05, 0) is 25.1 Å². The second-order valence-corrected chi connectivity index (χ2v) is 7.14. The van der Waals surface area contributed by atoms with Gasteiger partial charge in [-0.15, -0.1) is 24.0 Å². The molecule has 10 heteroatoms. The Morgan fingerprint density at radius 1 is 1.16 bits per heavy atom. The first kappa shape index (κ1) is 25.1. The lowest BCUT2D eigenvalue weighted by molar-refractivity contribution is 0.222. The van der Waals surface area contributed by atoms with Gasteiger partial charge in [0.2, 0.25) is 5.95 Å². The molecule has 2 N–H and O–H groups in total. The Kier molecular flexibility index (Phi) is 10.7. The number of piperazine rings is 1. The Morgan fingerprint density at radius 2 is 1.90 bits per heavy atom. The number of halogens is 2. The summed E-state index contributed by atoms with van der Waals surface area (Å²) in [7, 11) is 1.74. The molecule has 2 aromatic rings. The molecular weight excluding hydrogens is 512 g/mol. The molecule has 0 bridgehead atoms. The maximum absolute atomic E-state index is 13.2. The largest absolute Gasteiger partial charge is 0.489 e. The highest BCUT2D eigenvalue weighted by molar-refractivity contribution is 14.0. The fraction of sp³-hybridized carbons (Fsp3) is 0.476. The van der Waals surface area contributed by atoms with Gasteiger partial charge in [-0.25, -0.2) is 14.4 Å². The quantitative estimate of drug-likeness (QED) is 0.300. The van der Waals surface area contributed by atoms with Gasteiger partial charge in [-0.1, -0.05) is 6.07 Å². The number of nitrogens with zero attached hydrogens (tertiary/aromatic N) is 5. The predicted octanol–water partition coefficient (Wildman–Crippen LogP) is 1.99. The van der Waals surface area contributed by atoms with Gasteiger partial charge in [0.15, 0.2) is 5.96 Å². The van der Waals surface area contributed by atoms with E-state index in [-0.39, 0.29) is 35.9 Å². The molecule has 1 atom stereocenters. The van der Waals surface area contributed by atoms with Crippen LogP contribution in [0.25, 0.3) is 0 Å². The number of hydrogen-bond acceptors (Lipinski definition) is 6. The molecule has 0 amide bonds. The molecule has 170 valence electrons. The van der Waals surface area contributed by atoms with E-state index in [1.807, 2.05) is 13.0 Å². The summed E-state index contributed by atoms with van der Waals surface area (Å²) in [5.74, 6) is 1.74. The van der Waals surface area contributed by atoms with Gasteiger partial charge >= 0.3 is 0 Å². The van der Waals surface area contributed by atoms with Crippen LogP contribution in [0.1, 0.15) is 6.92 Å². The standard InChI is InChI=1S/C21H30FN7O.HI/c1-17(30-19-6-3-5-18(22)15-19)16-27-20(23-2)24-9-10-28-11-13-29(14-12-28)21-25-7-4-8-26-21;/h3-8,15,17H,9-14,16H2,1-2H3,(H2,23,24,27);1H. The van der Waals surface area contributed by atoms with Crippen molar-refractivity contribution in [2.24, 2.45) is 4.99 Å². The van der Waals surface area contributed by atoms with Crippen molar-refractivity contribution in [3.05, 3.63) is 48.5 Å². The summed E-state index contributed by atoms with van der Waals surface area (Å²) in [5.41, 5.74) is 0. The number of nitrogens with one attached hydrogen (secondary N) is 2. The van der Waals surface area contributed by atoms with Crippen molar-refractivity contribution >= 4 is 35.9 Å². The molecule has 1 unspecified atom stereocenters. The molecular formula is C21H31FIN7O. The SMILES string of the molecule is CN=C(NCCN1CCN(c2ncccn2)CC1)NCC(C)Oc1cccc(F)c1.I. The molecule has 0 saturated carbocycles. The summed E-state index contributed by atoms with van der Waals surface area (Å²) in [6.07, 6.45) is 3.43. The number of aliphatic imine (C=N–C) groups is 1. The topological polar surface area (TPSA) is 77.9 Å². The van der Waals surface area contributed by atoms with Crippen LogP contribution in [-0.2, 0) is 0 Å². The molecule has 0 radical (unpaired) electrons. The van der Waals surface area contributed by atoms with E-state index in [1.54, 1.807) is 31.6 Å². The third-order valence-corrected chi connectivity index (χ3v) is 4.84. The Bertz CT molecular complexity index is 803. The Balaban J connectivity index is 0.00000341. The Morgan fingerprint density at radius 3 is 2.58 bits per heavy atom. The second-order valence-electron chi connectivity index (χ2n) is 7.14. The van der Waals surface area contributed by atoms with Crippen LogP contribution in [0.3, 0.4) is 0 Å². The van der Waals surface area contributed by atoms with Gasteiger partial charge in [-0.2, -0.15) is 0 Å².